The first-order chi connectivity index (χ1) is 19.8. The predicted octanol–water partition coefficient (Wildman–Crippen LogP) is 6.64. The SMILES string of the molecule is CC/C=C\C/C=C\C/C=C\C/C=C\C/C=C\CCCCCC(=O)OCC(O)COP(=O)(O)OCCNC(=O)CCC. The fourth-order valence-corrected chi connectivity index (χ4v) is 4.03. The number of aliphatic hydroxyl groups is 1. The standard InChI is InChI=1S/C31H52NO8P/c1-3-5-6-7-8-9-10-11-12-13-14-15-16-17-18-19-20-21-22-24-31(35)38-27-29(33)28-40-41(36,37)39-26-25-32-30(34)23-4-2/h5-6,8-9,11-12,14-15,17-18,29,33H,3-4,7,10,13,16,19-28H2,1-2H3,(H,32,34)(H,36,37)/b6-5-,9-8-,12-11-,15-14-,18-17-. The van der Waals surface area contributed by atoms with E-state index in [-0.39, 0.29) is 32.1 Å². The normalized spacial score (nSPS) is 14.5. The average molecular weight is 598 g/mol. The van der Waals surface area contributed by atoms with Crippen molar-refractivity contribution >= 4 is 19.7 Å². The summed E-state index contributed by atoms with van der Waals surface area (Å²) >= 11 is 0. The molecule has 0 aromatic heterocycles. The van der Waals surface area contributed by atoms with Crippen LogP contribution in [0.15, 0.2) is 60.8 Å². The highest BCUT2D eigenvalue weighted by atomic mass is 31.2. The van der Waals surface area contributed by atoms with Crippen LogP contribution < -0.4 is 5.32 Å². The monoisotopic (exact) mass is 597 g/mol. The van der Waals surface area contributed by atoms with Crippen LogP contribution in [0.5, 0.6) is 0 Å². The minimum absolute atomic E-state index is 0.0647. The Labute approximate surface area is 247 Å². The summed E-state index contributed by atoms with van der Waals surface area (Å²) in [6.07, 6.45) is 30.2. The van der Waals surface area contributed by atoms with Gasteiger partial charge in [0.05, 0.1) is 13.2 Å². The van der Waals surface area contributed by atoms with E-state index in [2.05, 4.69) is 73.0 Å². The van der Waals surface area contributed by atoms with Gasteiger partial charge in [0.25, 0.3) is 0 Å². The van der Waals surface area contributed by atoms with Crippen molar-refractivity contribution in [3.8, 4) is 0 Å². The first kappa shape index (κ1) is 38.7. The van der Waals surface area contributed by atoms with Crippen LogP contribution in [0.1, 0.15) is 90.9 Å². The molecule has 9 nitrogen and oxygen atoms in total. The summed E-state index contributed by atoms with van der Waals surface area (Å²) in [6.45, 7) is 2.98. The molecule has 2 unspecified atom stereocenters. The smallest absolute Gasteiger partial charge is 0.463 e. The van der Waals surface area contributed by atoms with Crippen LogP contribution in [0.25, 0.3) is 0 Å². The van der Waals surface area contributed by atoms with Gasteiger partial charge in [-0.15, -0.1) is 0 Å². The average Bonchev–Trinajstić information content (AvgIpc) is 2.94. The van der Waals surface area contributed by atoms with Crippen LogP contribution >= 0.6 is 7.82 Å². The Morgan fingerprint density at radius 1 is 0.780 bits per heavy atom. The van der Waals surface area contributed by atoms with E-state index < -0.39 is 26.5 Å². The molecular formula is C31H52NO8P. The van der Waals surface area contributed by atoms with Crippen LogP contribution in [0.2, 0.25) is 0 Å². The molecule has 0 saturated heterocycles. The summed E-state index contributed by atoms with van der Waals surface area (Å²) in [7, 11) is -4.39. The van der Waals surface area contributed by atoms with E-state index in [9.17, 15) is 24.2 Å². The number of amides is 1. The fraction of sp³-hybridized carbons (Fsp3) is 0.613. The third-order valence-corrected chi connectivity index (χ3v) is 6.42. The summed E-state index contributed by atoms with van der Waals surface area (Å²) in [5.74, 6) is -0.613. The van der Waals surface area contributed by atoms with Crippen molar-refractivity contribution in [1.82, 2.24) is 5.32 Å². The largest absolute Gasteiger partial charge is 0.472 e. The molecule has 234 valence electrons. The second-order valence-corrected chi connectivity index (χ2v) is 10.8. The van der Waals surface area contributed by atoms with Crippen LogP contribution in [-0.2, 0) is 27.9 Å². The Hall–Kier alpha value is -2.29. The van der Waals surface area contributed by atoms with Crippen molar-refractivity contribution in [3.63, 3.8) is 0 Å². The lowest BCUT2D eigenvalue weighted by Crippen LogP contribution is -2.27. The number of unbranched alkanes of at least 4 members (excludes halogenated alkanes) is 3. The maximum Gasteiger partial charge on any atom is 0.472 e. The zero-order valence-electron chi connectivity index (χ0n) is 25.0. The number of hydrogen-bond acceptors (Lipinski definition) is 7. The van der Waals surface area contributed by atoms with Gasteiger partial charge in [-0.1, -0.05) is 81.0 Å². The molecule has 1 amide bonds. The molecule has 10 heteroatoms. The van der Waals surface area contributed by atoms with E-state index in [0.717, 1.165) is 51.4 Å². The van der Waals surface area contributed by atoms with Gasteiger partial charge in [-0.3, -0.25) is 18.6 Å². The lowest BCUT2D eigenvalue weighted by Gasteiger charge is -2.15. The number of nitrogens with one attached hydrogen (secondary N) is 1. The van der Waals surface area contributed by atoms with Crippen molar-refractivity contribution < 1.29 is 37.9 Å². The van der Waals surface area contributed by atoms with Crippen molar-refractivity contribution in [3.05, 3.63) is 60.8 Å². The van der Waals surface area contributed by atoms with Gasteiger partial charge in [0.15, 0.2) is 0 Å². The Balaban J connectivity index is 3.71. The van der Waals surface area contributed by atoms with Crippen LogP contribution in [0.4, 0.5) is 0 Å². The second-order valence-electron chi connectivity index (χ2n) is 9.34. The molecule has 0 heterocycles. The molecule has 41 heavy (non-hydrogen) atoms. The number of carbonyl (C=O) groups excluding carboxylic acids is 2. The molecule has 0 aromatic carbocycles. The third-order valence-electron chi connectivity index (χ3n) is 5.43. The highest BCUT2D eigenvalue weighted by molar-refractivity contribution is 7.47. The van der Waals surface area contributed by atoms with Gasteiger partial charge in [0.2, 0.25) is 5.91 Å². The van der Waals surface area contributed by atoms with Gasteiger partial charge in [-0.05, 0) is 57.8 Å². The molecule has 0 radical (unpaired) electrons. The summed E-state index contributed by atoms with van der Waals surface area (Å²) in [4.78, 5) is 32.8. The molecule has 2 atom stereocenters. The maximum absolute atomic E-state index is 11.8. The number of phosphoric ester groups is 1. The van der Waals surface area contributed by atoms with Gasteiger partial charge >= 0.3 is 13.8 Å². The van der Waals surface area contributed by atoms with Crippen LogP contribution in [0.3, 0.4) is 0 Å². The highest BCUT2D eigenvalue weighted by Gasteiger charge is 2.23. The van der Waals surface area contributed by atoms with Crippen molar-refractivity contribution in [2.45, 2.75) is 97.0 Å². The van der Waals surface area contributed by atoms with Gasteiger partial charge < -0.3 is 20.1 Å². The van der Waals surface area contributed by atoms with E-state index in [1.54, 1.807) is 0 Å². The predicted molar refractivity (Wildman–Crippen MR) is 164 cm³/mol. The molecule has 0 bridgehead atoms. The van der Waals surface area contributed by atoms with Crippen molar-refractivity contribution in [2.75, 3.05) is 26.4 Å². The quantitative estimate of drug-likeness (QED) is 0.0438. The Morgan fingerprint density at radius 2 is 1.37 bits per heavy atom. The Kier molecular flexibility index (Phi) is 26.3. The number of ether oxygens (including phenoxy) is 1. The number of phosphoric acid groups is 1. The third kappa shape index (κ3) is 29.0. The fourth-order valence-electron chi connectivity index (χ4n) is 3.27. The van der Waals surface area contributed by atoms with Gasteiger partial charge in [-0.2, -0.15) is 0 Å². The molecule has 0 rings (SSSR count). The first-order valence-corrected chi connectivity index (χ1v) is 16.3. The summed E-state index contributed by atoms with van der Waals surface area (Å²) in [6, 6.07) is 0. The zero-order chi connectivity index (χ0) is 30.4. The number of rotatable bonds is 26. The molecule has 0 aliphatic rings. The minimum atomic E-state index is -4.39. The lowest BCUT2D eigenvalue weighted by atomic mass is 10.1. The Bertz CT molecular complexity index is 866. The van der Waals surface area contributed by atoms with Crippen molar-refractivity contribution in [1.29, 1.82) is 0 Å². The number of aliphatic hydroxyl groups excluding tert-OH is 1. The van der Waals surface area contributed by atoms with Crippen LogP contribution in [0, 0.1) is 0 Å². The van der Waals surface area contributed by atoms with E-state index in [1.165, 1.54) is 0 Å². The number of carbonyl (C=O) groups is 2. The number of allylic oxidation sites excluding steroid dienone is 10. The zero-order valence-corrected chi connectivity index (χ0v) is 25.9. The molecule has 3 N–H and O–H groups in total. The molecule has 0 aliphatic heterocycles. The lowest BCUT2D eigenvalue weighted by molar-refractivity contribution is -0.147. The number of hydrogen-bond donors (Lipinski definition) is 3. The minimum Gasteiger partial charge on any atom is -0.463 e. The van der Waals surface area contributed by atoms with Gasteiger partial charge in [-0.25, -0.2) is 4.57 Å². The first-order valence-electron chi connectivity index (χ1n) is 14.8. The molecule has 0 aromatic rings. The van der Waals surface area contributed by atoms with E-state index >= 15 is 0 Å². The summed E-state index contributed by atoms with van der Waals surface area (Å²) < 4.78 is 26.2. The van der Waals surface area contributed by atoms with E-state index in [1.807, 2.05) is 6.92 Å². The van der Waals surface area contributed by atoms with E-state index in [0.29, 0.717) is 19.3 Å². The highest BCUT2D eigenvalue weighted by Crippen LogP contribution is 2.42. The van der Waals surface area contributed by atoms with Gasteiger partial charge in [0, 0.05) is 19.4 Å². The summed E-state index contributed by atoms with van der Waals surface area (Å²) in [5, 5.41) is 12.4. The van der Waals surface area contributed by atoms with E-state index in [4.69, 9.17) is 13.8 Å². The van der Waals surface area contributed by atoms with Crippen molar-refractivity contribution in [2.24, 2.45) is 0 Å². The molecule has 0 spiro atoms. The summed E-state index contributed by atoms with van der Waals surface area (Å²) in [5.41, 5.74) is 0. The molecule has 0 aliphatic carbocycles. The molecular weight excluding hydrogens is 545 g/mol. The molecule has 0 saturated carbocycles. The number of esters is 1. The van der Waals surface area contributed by atoms with Gasteiger partial charge in [0.1, 0.15) is 12.7 Å². The second kappa shape index (κ2) is 27.9. The maximum atomic E-state index is 11.8. The van der Waals surface area contributed by atoms with Crippen LogP contribution in [-0.4, -0.2) is 54.3 Å². The topological polar surface area (TPSA) is 131 Å². The Morgan fingerprint density at radius 3 is 1.95 bits per heavy atom. The molecule has 0 fully saturated rings.